The lowest BCUT2D eigenvalue weighted by atomic mass is 10.0. The van der Waals surface area contributed by atoms with Crippen LogP contribution in [0.4, 0.5) is 4.39 Å². The predicted octanol–water partition coefficient (Wildman–Crippen LogP) is 3.64. The van der Waals surface area contributed by atoms with E-state index in [1.54, 1.807) is 13.3 Å². The lowest BCUT2D eigenvalue weighted by Gasteiger charge is -2.22. The summed E-state index contributed by atoms with van der Waals surface area (Å²) in [6.07, 6.45) is 2.88. The van der Waals surface area contributed by atoms with E-state index in [1.807, 2.05) is 31.2 Å². The molecule has 3 nitrogen and oxygen atoms in total. The van der Waals surface area contributed by atoms with E-state index in [-0.39, 0.29) is 17.9 Å². The number of nitrogens with one attached hydrogen (secondary N) is 1. The zero-order valence-electron chi connectivity index (χ0n) is 11.9. The molecule has 0 aliphatic heterocycles. The van der Waals surface area contributed by atoms with E-state index in [1.165, 1.54) is 12.3 Å². The van der Waals surface area contributed by atoms with Crippen LogP contribution in [-0.4, -0.2) is 12.1 Å². The first kappa shape index (κ1) is 14.5. The van der Waals surface area contributed by atoms with Gasteiger partial charge in [0.05, 0.1) is 13.3 Å². The fourth-order valence-electron chi connectivity index (χ4n) is 2.25. The molecule has 4 heteroatoms. The maximum atomic E-state index is 13.2. The summed E-state index contributed by atoms with van der Waals surface area (Å²) in [5.41, 5.74) is 1.90. The van der Waals surface area contributed by atoms with Crippen molar-refractivity contribution in [1.29, 1.82) is 0 Å². The fraction of sp³-hybridized carbons (Fsp3) is 0.312. The summed E-state index contributed by atoms with van der Waals surface area (Å²) in [5, 5.41) is 3.43. The molecule has 1 N–H and O–H groups in total. The normalized spacial score (nSPS) is 13.8. The number of rotatable bonds is 5. The molecule has 1 aromatic heterocycles. The van der Waals surface area contributed by atoms with Crippen molar-refractivity contribution in [3.63, 3.8) is 0 Å². The van der Waals surface area contributed by atoms with Gasteiger partial charge in [0.25, 0.3) is 0 Å². The molecule has 0 amide bonds. The molecule has 0 spiro atoms. The second-order valence-corrected chi connectivity index (χ2v) is 4.79. The minimum absolute atomic E-state index is 0.00175. The minimum Gasteiger partial charge on any atom is -0.496 e. The monoisotopic (exact) mass is 274 g/mol. The molecule has 1 heterocycles. The van der Waals surface area contributed by atoms with Crippen LogP contribution in [0, 0.1) is 5.82 Å². The summed E-state index contributed by atoms with van der Waals surface area (Å²) in [5.74, 6) is 0.526. The molecule has 0 saturated carbocycles. The van der Waals surface area contributed by atoms with Gasteiger partial charge in [-0.2, -0.15) is 0 Å². The van der Waals surface area contributed by atoms with Crippen LogP contribution in [-0.2, 0) is 0 Å². The zero-order valence-corrected chi connectivity index (χ0v) is 11.9. The quantitative estimate of drug-likeness (QED) is 0.903. The Labute approximate surface area is 118 Å². The van der Waals surface area contributed by atoms with Crippen molar-refractivity contribution in [2.45, 2.75) is 25.9 Å². The first-order chi connectivity index (χ1) is 9.61. The van der Waals surface area contributed by atoms with Crippen molar-refractivity contribution in [3.8, 4) is 5.75 Å². The van der Waals surface area contributed by atoms with E-state index in [9.17, 15) is 4.39 Å². The molecule has 2 rings (SSSR count). The summed E-state index contributed by atoms with van der Waals surface area (Å²) >= 11 is 0. The van der Waals surface area contributed by atoms with Gasteiger partial charge in [0.15, 0.2) is 0 Å². The highest BCUT2D eigenvalue weighted by Gasteiger charge is 2.14. The van der Waals surface area contributed by atoms with Crippen molar-refractivity contribution < 1.29 is 9.13 Å². The molecular formula is C16H19FN2O. The van der Waals surface area contributed by atoms with Crippen LogP contribution in [0.1, 0.15) is 37.1 Å². The summed E-state index contributed by atoms with van der Waals surface area (Å²) in [6.45, 7) is 4.05. The molecule has 0 fully saturated rings. The van der Waals surface area contributed by atoms with E-state index >= 15 is 0 Å². The molecule has 0 saturated heterocycles. The molecule has 106 valence electrons. The van der Waals surface area contributed by atoms with Gasteiger partial charge in [-0.25, -0.2) is 4.39 Å². The molecule has 20 heavy (non-hydrogen) atoms. The summed E-state index contributed by atoms with van der Waals surface area (Å²) < 4.78 is 18.6. The highest BCUT2D eigenvalue weighted by molar-refractivity contribution is 5.35. The highest BCUT2D eigenvalue weighted by Crippen LogP contribution is 2.26. The first-order valence-electron chi connectivity index (χ1n) is 6.61. The average molecular weight is 274 g/mol. The van der Waals surface area contributed by atoms with Crippen LogP contribution in [0.3, 0.4) is 0 Å². The number of nitrogens with zero attached hydrogens (tertiary/aromatic N) is 1. The number of hydrogen-bond donors (Lipinski definition) is 1. The van der Waals surface area contributed by atoms with Crippen molar-refractivity contribution in [3.05, 3.63) is 59.7 Å². The van der Waals surface area contributed by atoms with Gasteiger partial charge in [-0.3, -0.25) is 4.98 Å². The number of pyridine rings is 1. The van der Waals surface area contributed by atoms with Crippen molar-refractivity contribution in [1.82, 2.24) is 10.3 Å². The van der Waals surface area contributed by atoms with Crippen molar-refractivity contribution in [2.24, 2.45) is 0 Å². The highest BCUT2D eigenvalue weighted by atomic mass is 19.1. The van der Waals surface area contributed by atoms with Gasteiger partial charge in [0.2, 0.25) is 0 Å². The molecule has 0 aliphatic rings. The van der Waals surface area contributed by atoms with Crippen molar-refractivity contribution >= 4 is 0 Å². The Kier molecular flexibility index (Phi) is 4.69. The Bertz CT molecular complexity index is 574. The number of halogens is 1. The van der Waals surface area contributed by atoms with Gasteiger partial charge < -0.3 is 10.1 Å². The number of methoxy groups -OCH3 is 1. The third-order valence-corrected chi connectivity index (χ3v) is 3.33. The Morgan fingerprint density at radius 2 is 1.90 bits per heavy atom. The van der Waals surface area contributed by atoms with E-state index in [0.29, 0.717) is 0 Å². The maximum Gasteiger partial charge on any atom is 0.141 e. The van der Waals surface area contributed by atoms with Gasteiger partial charge >= 0.3 is 0 Å². The van der Waals surface area contributed by atoms with Crippen LogP contribution < -0.4 is 10.1 Å². The second-order valence-electron chi connectivity index (χ2n) is 4.79. The average Bonchev–Trinajstić information content (AvgIpc) is 2.47. The smallest absolute Gasteiger partial charge is 0.141 e. The largest absolute Gasteiger partial charge is 0.496 e. The van der Waals surface area contributed by atoms with Gasteiger partial charge in [-0.1, -0.05) is 18.2 Å². The fourth-order valence-corrected chi connectivity index (χ4v) is 2.25. The van der Waals surface area contributed by atoms with Crippen LogP contribution >= 0.6 is 0 Å². The number of aromatic nitrogens is 1. The van der Waals surface area contributed by atoms with Gasteiger partial charge in [-0.05, 0) is 31.5 Å². The second kappa shape index (κ2) is 6.48. The lowest BCUT2D eigenvalue weighted by molar-refractivity contribution is 0.396. The molecule has 0 bridgehead atoms. The van der Waals surface area contributed by atoms with E-state index < -0.39 is 0 Å². The SMILES string of the molecule is COc1ccccc1[C@H](C)NC(C)c1cncc(F)c1. The van der Waals surface area contributed by atoms with Crippen LogP contribution in [0.2, 0.25) is 0 Å². The Balaban J connectivity index is 2.13. The molecule has 2 atom stereocenters. The zero-order chi connectivity index (χ0) is 14.5. The third kappa shape index (κ3) is 3.33. The minimum atomic E-state index is -0.318. The molecule has 0 aliphatic carbocycles. The Morgan fingerprint density at radius 3 is 2.60 bits per heavy atom. The van der Waals surface area contributed by atoms with Crippen molar-refractivity contribution in [2.75, 3.05) is 7.11 Å². The first-order valence-corrected chi connectivity index (χ1v) is 6.61. The third-order valence-electron chi connectivity index (χ3n) is 3.33. The maximum absolute atomic E-state index is 13.2. The lowest BCUT2D eigenvalue weighted by Crippen LogP contribution is -2.23. The number of hydrogen-bond acceptors (Lipinski definition) is 3. The van der Waals surface area contributed by atoms with E-state index in [2.05, 4.69) is 17.2 Å². The predicted molar refractivity (Wildman–Crippen MR) is 77.2 cm³/mol. The number of ether oxygens (including phenoxy) is 1. The van der Waals surface area contributed by atoms with Crippen LogP contribution in [0.25, 0.3) is 0 Å². The number of benzene rings is 1. The van der Waals surface area contributed by atoms with Crippen LogP contribution in [0.15, 0.2) is 42.7 Å². The molecule has 2 aromatic rings. The molecule has 1 unspecified atom stereocenters. The Hall–Kier alpha value is -1.94. The summed E-state index contributed by atoms with van der Waals surface area (Å²) in [4.78, 5) is 3.88. The molecule has 0 radical (unpaired) electrons. The van der Waals surface area contributed by atoms with Gasteiger partial charge in [0, 0.05) is 23.8 Å². The van der Waals surface area contributed by atoms with Gasteiger partial charge in [-0.15, -0.1) is 0 Å². The molecule has 1 aromatic carbocycles. The number of para-hydroxylation sites is 1. The summed E-state index contributed by atoms with van der Waals surface area (Å²) in [6, 6.07) is 9.45. The Morgan fingerprint density at radius 1 is 1.15 bits per heavy atom. The van der Waals surface area contributed by atoms with E-state index in [0.717, 1.165) is 16.9 Å². The molecular weight excluding hydrogens is 255 g/mol. The standard InChI is InChI=1S/C16H19FN2O/c1-11(13-8-14(17)10-18-9-13)19-12(2)15-6-4-5-7-16(15)20-3/h4-12,19H,1-3H3/t11?,12-/m0/s1. The topological polar surface area (TPSA) is 34.1 Å². The van der Waals surface area contributed by atoms with E-state index in [4.69, 9.17) is 4.74 Å². The summed E-state index contributed by atoms with van der Waals surface area (Å²) in [7, 11) is 1.66. The van der Waals surface area contributed by atoms with Gasteiger partial charge in [0.1, 0.15) is 11.6 Å². The van der Waals surface area contributed by atoms with Crippen LogP contribution in [0.5, 0.6) is 5.75 Å².